The summed E-state index contributed by atoms with van der Waals surface area (Å²) in [6.45, 7) is 0. The minimum Gasteiger partial charge on any atom is -0.481 e. The van der Waals surface area contributed by atoms with Gasteiger partial charge in [-0.3, -0.25) is 9.78 Å². The van der Waals surface area contributed by atoms with Gasteiger partial charge in [0.15, 0.2) is 0 Å². The van der Waals surface area contributed by atoms with Crippen molar-refractivity contribution in [3.63, 3.8) is 0 Å². The number of alkyl halides is 3. The summed E-state index contributed by atoms with van der Waals surface area (Å²) in [5, 5.41) is 8.84. The summed E-state index contributed by atoms with van der Waals surface area (Å²) < 4.78 is 40.5. The van der Waals surface area contributed by atoms with E-state index in [9.17, 15) is 18.0 Å². The van der Waals surface area contributed by atoms with Crippen LogP contribution in [-0.4, -0.2) is 22.4 Å². The maximum atomic E-state index is 12.2. The zero-order chi connectivity index (χ0) is 15.5. The van der Waals surface area contributed by atoms with E-state index in [1.165, 1.54) is 24.4 Å². The Morgan fingerprint density at radius 3 is 2.67 bits per heavy atom. The fourth-order valence-corrected chi connectivity index (χ4v) is 1.84. The number of carboxylic acid groups (broad SMARTS) is 1. The summed E-state index contributed by atoms with van der Waals surface area (Å²) in [4.78, 5) is 14.8. The van der Waals surface area contributed by atoms with Crippen LogP contribution in [0, 0.1) is 0 Å². The maximum absolute atomic E-state index is 12.2. The highest BCUT2D eigenvalue weighted by Gasteiger charge is 2.31. The van der Waals surface area contributed by atoms with E-state index in [0.29, 0.717) is 16.8 Å². The van der Waals surface area contributed by atoms with Gasteiger partial charge in [0.2, 0.25) is 0 Å². The van der Waals surface area contributed by atoms with Crippen LogP contribution >= 0.6 is 0 Å². The molecule has 0 fully saturated rings. The molecule has 0 saturated carbocycles. The fraction of sp³-hybridized carbons (Fsp3) is 0.143. The zero-order valence-corrected chi connectivity index (χ0v) is 10.6. The number of aliphatic carboxylic acids is 1. The van der Waals surface area contributed by atoms with Gasteiger partial charge >= 0.3 is 12.3 Å². The highest BCUT2D eigenvalue weighted by atomic mass is 19.4. The molecule has 21 heavy (non-hydrogen) atoms. The van der Waals surface area contributed by atoms with Crippen LogP contribution in [0.5, 0.6) is 5.75 Å². The number of benzene rings is 1. The number of hydrogen-bond acceptors (Lipinski definition) is 3. The molecule has 2 rings (SSSR count). The molecule has 0 unspecified atom stereocenters. The molecule has 0 aliphatic heterocycles. The van der Waals surface area contributed by atoms with Crippen molar-refractivity contribution >= 4 is 5.97 Å². The SMILES string of the molecule is O=C(O)Cc1cccnc1-c1cccc(OC(F)(F)F)c1. The van der Waals surface area contributed by atoms with E-state index in [1.807, 2.05) is 0 Å². The van der Waals surface area contributed by atoms with Crippen LogP contribution in [0.2, 0.25) is 0 Å². The highest BCUT2D eigenvalue weighted by molar-refractivity contribution is 5.75. The van der Waals surface area contributed by atoms with E-state index >= 15 is 0 Å². The van der Waals surface area contributed by atoms with Crippen LogP contribution in [0.15, 0.2) is 42.6 Å². The predicted molar refractivity (Wildman–Crippen MR) is 67.7 cm³/mol. The number of pyridine rings is 1. The lowest BCUT2D eigenvalue weighted by atomic mass is 10.0. The molecule has 0 bridgehead atoms. The molecular formula is C14H10F3NO3. The van der Waals surface area contributed by atoms with Gasteiger partial charge in [-0.25, -0.2) is 0 Å². The van der Waals surface area contributed by atoms with E-state index < -0.39 is 12.3 Å². The lowest BCUT2D eigenvalue weighted by Gasteiger charge is -2.11. The van der Waals surface area contributed by atoms with Crippen LogP contribution in [0.1, 0.15) is 5.56 Å². The molecule has 0 spiro atoms. The summed E-state index contributed by atoms with van der Waals surface area (Å²) >= 11 is 0. The van der Waals surface area contributed by atoms with Crippen molar-refractivity contribution in [2.45, 2.75) is 12.8 Å². The lowest BCUT2D eigenvalue weighted by Crippen LogP contribution is -2.17. The second kappa shape index (κ2) is 5.82. The molecule has 110 valence electrons. The number of carbonyl (C=O) groups is 1. The normalized spacial score (nSPS) is 11.2. The first-order valence-electron chi connectivity index (χ1n) is 5.87. The Labute approximate surface area is 117 Å². The average Bonchev–Trinajstić information content (AvgIpc) is 2.37. The standard InChI is InChI=1S/C14H10F3NO3/c15-14(16,17)21-11-5-1-3-9(7-11)13-10(8-12(19)20)4-2-6-18-13/h1-7H,8H2,(H,19,20). The molecule has 0 radical (unpaired) electrons. The lowest BCUT2D eigenvalue weighted by molar-refractivity contribution is -0.274. The Kier molecular flexibility index (Phi) is 4.11. The molecule has 1 N–H and O–H groups in total. The molecule has 2 aromatic rings. The Balaban J connectivity index is 2.38. The van der Waals surface area contributed by atoms with Crippen LogP contribution in [0.4, 0.5) is 13.2 Å². The van der Waals surface area contributed by atoms with E-state index in [0.717, 1.165) is 6.07 Å². The van der Waals surface area contributed by atoms with E-state index in [4.69, 9.17) is 5.11 Å². The van der Waals surface area contributed by atoms with Gasteiger partial charge in [0.1, 0.15) is 5.75 Å². The Morgan fingerprint density at radius 1 is 1.24 bits per heavy atom. The van der Waals surface area contributed by atoms with Crippen LogP contribution < -0.4 is 4.74 Å². The van der Waals surface area contributed by atoms with Crippen LogP contribution in [-0.2, 0) is 11.2 Å². The number of rotatable bonds is 4. The molecule has 7 heteroatoms. The van der Waals surface area contributed by atoms with Crippen LogP contribution in [0.3, 0.4) is 0 Å². The Hall–Kier alpha value is -2.57. The highest BCUT2D eigenvalue weighted by Crippen LogP contribution is 2.28. The molecule has 0 saturated heterocycles. The largest absolute Gasteiger partial charge is 0.573 e. The molecule has 4 nitrogen and oxygen atoms in total. The first-order chi connectivity index (χ1) is 9.85. The fourth-order valence-electron chi connectivity index (χ4n) is 1.84. The van der Waals surface area contributed by atoms with E-state index in [2.05, 4.69) is 9.72 Å². The summed E-state index contributed by atoms with van der Waals surface area (Å²) in [6.07, 6.45) is -3.61. The quantitative estimate of drug-likeness (QED) is 0.941. The Morgan fingerprint density at radius 2 is 2.00 bits per heavy atom. The maximum Gasteiger partial charge on any atom is 0.573 e. The molecular weight excluding hydrogens is 287 g/mol. The summed E-state index contributed by atoms with van der Waals surface area (Å²) in [7, 11) is 0. The summed E-state index contributed by atoms with van der Waals surface area (Å²) in [5.41, 5.74) is 1.08. The van der Waals surface area contributed by atoms with Crippen molar-refractivity contribution < 1.29 is 27.8 Å². The first-order valence-corrected chi connectivity index (χ1v) is 5.87. The third kappa shape index (κ3) is 4.20. The number of nitrogens with zero attached hydrogens (tertiary/aromatic N) is 1. The Bertz CT molecular complexity index is 656. The van der Waals surface area contributed by atoms with Crippen molar-refractivity contribution in [2.75, 3.05) is 0 Å². The minimum atomic E-state index is -4.79. The monoisotopic (exact) mass is 297 g/mol. The van der Waals surface area contributed by atoms with Gasteiger partial charge in [-0.05, 0) is 23.8 Å². The van der Waals surface area contributed by atoms with Gasteiger partial charge in [0.25, 0.3) is 0 Å². The number of carboxylic acids is 1. The predicted octanol–water partition coefficient (Wildman–Crippen LogP) is 3.27. The van der Waals surface area contributed by atoms with Crippen molar-refractivity contribution in [3.05, 3.63) is 48.2 Å². The van der Waals surface area contributed by atoms with Gasteiger partial charge in [-0.2, -0.15) is 0 Å². The number of hydrogen-bond donors (Lipinski definition) is 1. The third-order valence-electron chi connectivity index (χ3n) is 2.57. The average molecular weight is 297 g/mol. The topological polar surface area (TPSA) is 59.4 Å². The molecule has 0 atom stereocenters. The van der Waals surface area contributed by atoms with Crippen molar-refractivity contribution in [1.82, 2.24) is 4.98 Å². The second-order valence-corrected chi connectivity index (χ2v) is 4.16. The molecule has 1 aromatic carbocycles. The third-order valence-corrected chi connectivity index (χ3v) is 2.57. The van der Waals surface area contributed by atoms with Gasteiger partial charge < -0.3 is 9.84 Å². The van der Waals surface area contributed by atoms with Crippen molar-refractivity contribution in [2.24, 2.45) is 0 Å². The van der Waals surface area contributed by atoms with Gasteiger partial charge in [-0.15, -0.1) is 13.2 Å². The zero-order valence-electron chi connectivity index (χ0n) is 10.6. The number of ether oxygens (including phenoxy) is 1. The molecule has 0 aliphatic carbocycles. The smallest absolute Gasteiger partial charge is 0.481 e. The molecule has 1 aromatic heterocycles. The van der Waals surface area contributed by atoms with E-state index in [1.54, 1.807) is 12.1 Å². The summed E-state index contributed by atoms with van der Waals surface area (Å²) in [5.74, 6) is -1.43. The molecule has 0 amide bonds. The molecule has 1 heterocycles. The number of halogens is 3. The van der Waals surface area contributed by atoms with Gasteiger partial charge in [0.05, 0.1) is 12.1 Å². The van der Waals surface area contributed by atoms with Gasteiger partial charge in [-0.1, -0.05) is 18.2 Å². The van der Waals surface area contributed by atoms with Crippen molar-refractivity contribution in [1.29, 1.82) is 0 Å². The molecule has 0 aliphatic rings. The second-order valence-electron chi connectivity index (χ2n) is 4.16. The van der Waals surface area contributed by atoms with Crippen molar-refractivity contribution in [3.8, 4) is 17.0 Å². The summed E-state index contributed by atoms with van der Waals surface area (Å²) in [6, 6.07) is 8.39. The van der Waals surface area contributed by atoms with E-state index in [-0.39, 0.29) is 12.2 Å². The van der Waals surface area contributed by atoms with Crippen LogP contribution in [0.25, 0.3) is 11.3 Å². The van der Waals surface area contributed by atoms with Gasteiger partial charge in [0, 0.05) is 11.8 Å². The first kappa shape index (κ1) is 14.8. The number of aromatic nitrogens is 1. The minimum absolute atomic E-state index is 0.270.